The predicted octanol–water partition coefficient (Wildman–Crippen LogP) is 2.03. The summed E-state index contributed by atoms with van der Waals surface area (Å²) in [6, 6.07) is 11.4. The van der Waals surface area contributed by atoms with Crippen molar-refractivity contribution < 1.29 is 14.3 Å². The molecule has 0 aliphatic carbocycles. The van der Waals surface area contributed by atoms with Gasteiger partial charge in [-0.1, -0.05) is 0 Å². The molecule has 8 nitrogen and oxygen atoms in total. The number of nitrogens with zero attached hydrogens (tertiary/aromatic N) is 5. The molecule has 1 atom stereocenters. The number of aliphatic hydroxyl groups excluding tert-OH is 1. The lowest BCUT2D eigenvalue weighted by Gasteiger charge is -2.28. The van der Waals surface area contributed by atoms with E-state index in [9.17, 15) is 14.3 Å². The minimum atomic E-state index is -0.794. The number of carbonyl (C=O) groups is 1. The second-order valence-corrected chi connectivity index (χ2v) is 7.74. The molecule has 2 N–H and O–H groups in total. The molecular formula is C22H21FN6O2. The summed E-state index contributed by atoms with van der Waals surface area (Å²) in [4.78, 5) is 19.5. The number of fused-ring (bicyclic) bond motifs is 1. The first-order valence-electron chi connectivity index (χ1n) is 9.99. The van der Waals surface area contributed by atoms with Crippen molar-refractivity contribution in [1.29, 1.82) is 0 Å². The van der Waals surface area contributed by atoms with Gasteiger partial charge in [0.15, 0.2) is 11.5 Å². The number of hydrogen-bond donors (Lipinski definition) is 2. The van der Waals surface area contributed by atoms with Gasteiger partial charge >= 0.3 is 0 Å². The number of rotatable bonds is 5. The topological polar surface area (TPSA) is 87.7 Å². The zero-order valence-corrected chi connectivity index (χ0v) is 16.6. The Labute approximate surface area is 177 Å². The molecule has 0 saturated carbocycles. The van der Waals surface area contributed by atoms with Gasteiger partial charge in [-0.05, 0) is 48.9 Å². The number of aliphatic hydroxyl groups is 1. The molecule has 4 heterocycles. The van der Waals surface area contributed by atoms with E-state index in [1.807, 2.05) is 28.9 Å². The third-order valence-corrected chi connectivity index (χ3v) is 5.68. The van der Waals surface area contributed by atoms with E-state index in [1.165, 1.54) is 16.8 Å². The highest BCUT2D eigenvalue weighted by Gasteiger charge is 2.40. The molecular weight excluding hydrogens is 399 g/mol. The summed E-state index contributed by atoms with van der Waals surface area (Å²) in [5.74, 6) is 0.109. The van der Waals surface area contributed by atoms with E-state index >= 15 is 0 Å². The maximum atomic E-state index is 13.1. The van der Waals surface area contributed by atoms with Crippen LogP contribution in [-0.2, 0) is 0 Å². The summed E-state index contributed by atoms with van der Waals surface area (Å²) in [6.07, 6.45) is 7.80. The standard InChI is InChI=1S/C22H21FN6O2/c23-16-3-5-17(6-4-16)29-11-7-18(26-29)21(31)25-22(15-30)8-12-28(14-22)20-19-2-1-10-27(19)13-9-24-20/h1-7,9-11,13,30H,8,12,14-15H2,(H,25,31)/t22-/m0/s1. The normalized spacial score (nSPS) is 18.6. The number of carbonyl (C=O) groups excluding carboxylic acids is 1. The fraction of sp³-hybridized carbons (Fsp3) is 0.227. The van der Waals surface area contributed by atoms with Crippen LogP contribution >= 0.6 is 0 Å². The molecule has 158 valence electrons. The largest absolute Gasteiger partial charge is 0.394 e. The SMILES string of the molecule is O=C(N[C@@]1(CO)CCN(c2nccn3cccc23)C1)c1ccn(-c2ccc(F)cc2)n1. The van der Waals surface area contributed by atoms with Crippen molar-refractivity contribution in [1.82, 2.24) is 24.5 Å². The van der Waals surface area contributed by atoms with Crippen molar-refractivity contribution >= 4 is 17.2 Å². The Morgan fingerprint density at radius 2 is 2.00 bits per heavy atom. The zero-order valence-electron chi connectivity index (χ0n) is 16.6. The van der Waals surface area contributed by atoms with Gasteiger partial charge in [-0.2, -0.15) is 5.10 Å². The molecule has 1 fully saturated rings. The second-order valence-electron chi connectivity index (χ2n) is 7.74. The number of benzene rings is 1. The van der Waals surface area contributed by atoms with E-state index in [2.05, 4.69) is 20.3 Å². The average Bonchev–Trinajstić information content (AvgIpc) is 3.53. The molecule has 1 amide bonds. The maximum absolute atomic E-state index is 13.1. The van der Waals surface area contributed by atoms with E-state index in [4.69, 9.17) is 0 Å². The Hall–Kier alpha value is -3.72. The minimum absolute atomic E-state index is 0.196. The van der Waals surface area contributed by atoms with E-state index in [1.54, 1.807) is 30.6 Å². The number of anilines is 1. The molecule has 1 aromatic carbocycles. The Kier molecular flexibility index (Phi) is 4.67. The van der Waals surface area contributed by atoms with Gasteiger partial charge in [0.2, 0.25) is 0 Å². The van der Waals surface area contributed by atoms with E-state index in [-0.39, 0.29) is 24.0 Å². The molecule has 4 aromatic rings. The van der Waals surface area contributed by atoms with Gasteiger partial charge in [0.1, 0.15) is 5.82 Å². The van der Waals surface area contributed by atoms with Gasteiger partial charge in [-0.25, -0.2) is 14.1 Å². The first-order valence-corrected chi connectivity index (χ1v) is 9.99. The van der Waals surface area contributed by atoms with E-state index < -0.39 is 5.54 Å². The summed E-state index contributed by atoms with van der Waals surface area (Å²) < 4.78 is 16.6. The molecule has 1 aliphatic rings. The fourth-order valence-corrected chi connectivity index (χ4v) is 4.01. The Morgan fingerprint density at radius 1 is 1.16 bits per heavy atom. The summed E-state index contributed by atoms with van der Waals surface area (Å²) in [5, 5.41) is 17.4. The first kappa shape index (κ1) is 19.3. The van der Waals surface area contributed by atoms with Crippen LogP contribution in [0, 0.1) is 5.82 Å². The van der Waals surface area contributed by atoms with Gasteiger partial charge in [0.05, 0.1) is 23.3 Å². The molecule has 5 rings (SSSR count). The Balaban J connectivity index is 1.33. The summed E-state index contributed by atoms with van der Waals surface area (Å²) in [5.41, 5.74) is 1.05. The van der Waals surface area contributed by atoms with Crippen LogP contribution in [0.25, 0.3) is 11.2 Å². The van der Waals surface area contributed by atoms with Gasteiger partial charge in [0.25, 0.3) is 5.91 Å². The summed E-state index contributed by atoms with van der Waals surface area (Å²) in [6.45, 7) is 0.895. The zero-order chi connectivity index (χ0) is 21.4. The Bertz CT molecular complexity index is 1230. The molecule has 9 heteroatoms. The lowest BCUT2D eigenvalue weighted by Crippen LogP contribution is -2.53. The Morgan fingerprint density at radius 3 is 2.81 bits per heavy atom. The van der Waals surface area contributed by atoms with Crippen molar-refractivity contribution in [2.24, 2.45) is 0 Å². The van der Waals surface area contributed by atoms with Gasteiger partial charge in [-0.15, -0.1) is 0 Å². The predicted molar refractivity (Wildman–Crippen MR) is 113 cm³/mol. The van der Waals surface area contributed by atoms with Crippen molar-refractivity contribution in [3.05, 3.63) is 78.8 Å². The number of hydrogen-bond acceptors (Lipinski definition) is 5. The van der Waals surface area contributed by atoms with Crippen LogP contribution in [-0.4, -0.2) is 55.4 Å². The molecule has 1 saturated heterocycles. The summed E-state index contributed by atoms with van der Waals surface area (Å²) >= 11 is 0. The maximum Gasteiger partial charge on any atom is 0.272 e. The van der Waals surface area contributed by atoms with Crippen LogP contribution in [0.4, 0.5) is 10.2 Å². The molecule has 0 unspecified atom stereocenters. The van der Waals surface area contributed by atoms with Crippen LogP contribution in [0.3, 0.4) is 0 Å². The van der Waals surface area contributed by atoms with Crippen LogP contribution < -0.4 is 10.2 Å². The quantitative estimate of drug-likeness (QED) is 0.516. The van der Waals surface area contributed by atoms with Crippen LogP contribution in [0.2, 0.25) is 0 Å². The van der Waals surface area contributed by atoms with E-state index in [0.717, 1.165) is 11.3 Å². The van der Waals surface area contributed by atoms with Crippen molar-refractivity contribution in [3.8, 4) is 5.69 Å². The van der Waals surface area contributed by atoms with Crippen molar-refractivity contribution in [2.45, 2.75) is 12.0 Å². The summed E-state index contributed by atoms with van der Waals surface area (Å²) in [7, 11) is 0. The molecule has 0 spiro atoms. The van der Waals surface area contributed by atoms with Crippen LogP contribution in [0.1, 0.15) is 16.9 Å². The monoisotopic (exact) mass is 420 g/mol. The molecule has 1 aliphatic heterocycles. The lowest BCUT2D eigenvalue weighted by molar-refractivity contribution is 0.0849. The number of amides is 1. The smallest absolute Gasteiger partial charge is 0.272 e. The van der Waals surface area contributed by atoms with Crippen LogP contribution in [0.15, 0.2) is 67.3 Å². The average molecular weight is 420 g/mol. The molecule has 3 aromatic heterocycles. The fourth-order valence-electron chi connectivity index (χ4n) is 4.01. The third-order valence-electron chi connectivity index (χ3n) is 5.68. The number of nitrogens with one attached hydrogen (secondary N) is 1. The third kappa shape index (κ3) is 3.53. The number of halogens is 1. The van der Waals surface area contributed by atoms with Crippen molar-refractivity contribution in [2.75, 3.05) is 24.6 Å². The van der Waals surface area contributed by atoms with Crippen LogP contribution in [0.5, 0.6) is 0 Å². The second kappa shape index (κ2) is 7.51. The van der Waals surface area contributed by atoms with Gasteiger partial charge in [0, 0.05) is 37.9 Å². The highest BCUT2D eigenvalue weighted by molar-refractivity contribution is 5.93. The number of aromatic nitrogens is 4. The highest BCUT2D eigenvalue weighted by atomic mass is 19.1. The van der Waals surface area contributed by atoms with Gasteiger partial charge < -0.3 is 19.7 Å². The van der Waals surface area contributed by atoms with E-state index in [0.29, 0.717) is 25.2 Å². The lowest BCUT2D eigenvalue weighted by atomic mass is 9.99. The van der Waals surface area contributed by atoms with Crippen molar-refractivity contribution in [3.63, 3.8) is 0 Å². The first-order chi connectivity index (χ1) is 15.1. The molecule has 0 bridgehead atoms. The molecule has 31 heavy (non-hydrogen) atoms. The minimum Gasteiger partial charge on any atom is -0.394 e. The van der Waals surface area contributed by atoms with Gasteiger partial charge in [-0.3, -0.25) is 4.79 Å². The molecule has 0 radical (unpaired) electrons. The highest BCUT2D eigenvalue weighted by Crippen LogP contribution is 2.28.